The van der Waals surface area contributed by atoms with E-state index in [9.17, 15) is 9.59 Å². The summed E-state index contributed by atoms with van der Waals surface area (Å²) in [5.41, 5.74) is 6.05. The van der Waals surface area contributed by atoms with E-state index in [-0.39, 0.29) is 23.7 Å². The molecule has 1 aromatic carbocycles. The summed E-state index contributed by atoms with van der Waals surface area (Å²) >= 11 is 0. The average molecular weight is 335 g/mol. The standard InChI is InChI=1S/C18H29N3O3/c1-5-24-15-8-6-14(7-9-15)17(22)21-16(12(2)3)18(23)20-11-13(4)10-19/h6-9,12-13,16H,5,10-11,19H2,1-4H3,(H,20,23)(H,21,22). The second-order valence-corrected chi connectivity index (χ2v) is 6.24. The summed E-state index contributed by atoms with van der Waals surface area (Å²) in [6, 6.07) is 6.27. The van der Waals surface area contributed by atoms with Gasteiger partial charge in [0.1, 0.15) is 11.8 Å². The molecule has 0 aromatic heterocycles. The van der Waals surface area contributed by atoms with Crippen molar-refractivity contribution in [3.8, 4) is 5.75 Å². The van der Waals surface area contributed by atoms with Crippen LogP contribution in [0.4, 0.5) is 0 Å². The molecular formula is C18H29N3O3. The number of hydrogen-bond donors (Lipinski definition) is 3. The third kappa shape index (κ3) is 6.20. The molecule has 0 saturated heterocycles. The Balaban J connectivity index is 2.69. The minimum atomic E-state index is -0.589. The lowest BCUT2D eigenvalue weighted by atomic mass is 10.0. The van der Waals surface area contributed by atoms with Crippen molar-refractivity contribution in [3.05, 3.63) is 29.8 Å². The Morgan fingerprint density at radius 1 is 1.17 bits per heavy atom. The number of nitrogens with two attached hydrogens (primary N) is 1. The molecule has 1 aromatic rings. The maximum absolute atomic E-state index is 12.4. The van der Waals surface area contributed by atoms with Crippen molar-refractivity contribution in [1.82, 2.24) is 10.6 Å². The van der Waals surface area contributed by atoms with Crippen molar-refractivity contribution in [1.29, 1.82) is 0 Å². The highest BCUT2D eigenvalue weighted by Crippen LogP contribution is 2.13. The van der Waals surface area contributed by atoms with Gasteiger partial charge in [0.25, 0.3) is 5.91 Å². The van der Waals surface area contributed by atoms with E-state index in [0.717, 1.165) is 0 Å². The monoisotopic (exact) mass is 335 g/mol. The van der Waals surface area contributed by atoms with E-state index in [4.69, 9.17) is 10.5 Å². The predicted octanol–water partition coefficient (Wildman–Crippen LogP) is 1.55. The second kappa shape index (κ2) is 9.93. The lowest BCUT2D eigenvalue weighted by molar-refractivity contribution is -0.124. The van der Waals surface area contributed by atoms with E-state index >= 15 is 0 Å². The molecule has 2 atom stereocenters. The fourth-order valence-corrected chi connectivity index (χ4v) is 2.10. The van der Waals surface area contributed by atoms with Crippen molar-refractivity contribution in [2.45, 2.75) is 33.7 Å². The summed E-state index contributed by atoms with van der Waals surface area (Å²) in [5, 5.41) is 5.65. The molecule has 0 bridgehead atoms. The highest BCUT2D eigenvalue weighted by molar-refractivity contribution is 5.97. The highest BCUT2D eigenvalue weighted by atomic mass is 16.5. The Hall–Kier alpha value is -2.08. The zero-order valence-corrected chi connectivity index (χ0v) is 15.0. The number of carbonyl (C=O) groups is 2. The van der Waals surface area contributed by atoms with Gasteiger partial charge in [-0.15, -0.1) is 0 Å². The summed E-state index contributed by atoms with van der Waals surface area (Å²) in [4.78, 5) is 24.7. The maximum atomic E-state index is 12.4. The topological polar surface area (TPSA) is 93.4 Å². The second-order valence-electron chi connectivity index (χ2n) is 6.24. The average Bonchev–Trinajstić information content (AvgIpc) is 2.57. The van der Waals surface area contributed by atoms with Crippen LogP contribution in [0.5, 0.6) is 5.75 Å². The summed E-state index contributed by atoms with van der Waals surface area (Å²) in [6.07, 6.45) is 0. The first-order chi connectivity index (χ1) is 11.4. The van der Waals surface area contributed by atoms with Crippen LogP contribution >= 0.6 is 0 Å². The van der Waals surface area contributed by atoms with Crippen LogP contribution < -0.4 is 21.1 Å². The Bertz CT molecular complexity index is 529. The highest BCUT2D eigenvalue weighted by Gasteiger charge is 2.24. The minimum Gasteiger partial charge on any atom is -0.494 e. The van der Waals surface area contributed by atoms with Crippen molar-refractivity contribution < 1.29 is 14.3 Å². The first kappa shape index (κ1) is 20.0. The number of ether oxygens (including phenoxy) is 1. The van der Waals surface area contributed by atoms with Crippen molar-refractivity contribution in [3.63, 3.8) is 0 Å². The molecule has 0 fully saturated rings. The van der Waals surface area contributed by atoms with E-state index in [1.807, 2.05) is 27.7 Å². The number of carbonyl (C=O) groups excluding carboxylic acids is 2. The van der Waals surface area contributed by atoms with Gasteiger partial charge in [-0.3, -0.25) is 9.59 Å². The Kier molecular flexibility index (Phi) is 8.26. The van der Waals surface area contributed by atoms with Crippen LogP contribution in [0, 0.1) is 11.8 Å². The van der Waals surface area contributed by atoms with Crippen LogP contribution in [-0.4, -0.2) is 37.6 Å². The summed E-state index contributed by atoms with van der Waals surface area (Å²) in [5.74, 6) is 0.416. The summed E-state index contributed by atoms with van der Waals surface area (Å²) in [6.45, 7) is 9.23. The van der Waals surface area contributed by atoms with Crippen LogP contribution in [0.2, 0.25) is 0 Å². The fourth-order valence-electron chi connectivity index (χ4n) is 2.10. The molecule has 0 aliphatic heterocycles. The molecule has 0 spiro atoms. The Labute approximate surface area is 144 Å². The van der Waals surface area contributed by atoms with Gasteiger partial charge in [-0.2, -0.15) is 0 Å². The normalized spacial score (nSPS) is 13.2. The van der Waals surface area contributed by atoms with Gasteiger partial charge in [-0.25, -0.2) is 0 Å². The van der Waals surface area contributed by atoms with Crippen molar-refractivity contribution in [2.75, 3.05) is 19.7 Å². The van der Waals surface area contributed by atoms with Gasteiger partial charge in [-0.1, -0.05) is 20.8 Å². The quantitative estimate of drug-likeness (QED) is 0.638. The van der Waals surface area contributed by atoms with Gasteiger partial charge in [0, 0.05) is 12.1 Å². The molecule has 0 radical (unpaired) electrons. The van der Waals surface area contributed by atoms with Gasteiger partial charge in [-0.05, 0) is 49.6 Å². The maximum Gasteiger partial charge on any atom is 0.251 e. The molecule has 134 valence electrons. The number of rotatable bonds is 9. The number of benzene rings is 1. The predicted molar refractivity (Wildman–Crippen MR) is 94.9 cm³/mol. The minimum absolute atomic E-state index is 0.0233. The Morgan fingerprint density at radius 3 is 2.29 bits per heavy atom. The molecule has 2 unspecified atom stereocenters. The lowest BCUT2D eigenvalue weighted by Gasteiger charge is -2.22. The molecular weight excluding hydrogens is 306 g/mol. The summed E-state index contributed by atoms with van der Waals surface area (Å²) < 4.78 is 5.36. The van der Waals surface area contributed by atoms with Crippen molar-refractivity contribution >= 4 is 11.8 Å². The molecule has 1 rings (SSSR count). The first-order valence-corrected chi connectivity index (χ1v) is 8.40. The molecule has 0 saturated carbocycles. The fraction of sp³-hybridized carbons (Fsp3) is 0.556. The number of nitrogens with one attached hydrogen (secondary N) is 2. The van der Waals surface area contributed by atoms with Gasteiger partial charge in [0.2, 0.25) is 5.91 Å². The van der Waals surface area contributed by atoms with E-state index in [1.165, 1.54) is 0 Å². The van der Waals surface area contributed by atoms with Gasteiger partial charge < -0.3 is 21.1 Å². The molecule has 6 heteroatoms. The lowest BCUT2D eigenvalue weighted by Crippen LogP contribution is -2.50. The Morgan fingerprint density at radius 2 is 1.79 bits per heavy atom. The molecule has 6 nitrogen and oxygen atoms in total. The molecule has 24 heavy (non-hydrogen) atoms. The van der Waals surface area contributed by atoms with Crippen LogP contribution in [0.25, 0.3) is 0 Å². The smallest absolute Gasteiger partial charge is 0.251 e. The summed E-state index contributed by atoms with van der Waals surface area (Å²) in [7, 11) is 0. The largest absolute Gasteiger partial charge is 0.494 e. The van der Waals surface area contributed by atoms with E-state index < -0.39 is 6.04 Å². The zero-order chi connectivity index (χ0) is 18.1. The van der Waals surface area contributed by atoms with Crippen LogP contribution in [0.15, 0.2) is 24.3 Å². The first-order valence-electron chi connectivity index (χ1n) is 8.40. The molecule has 0 aliphatic rings. The third-order valence-corrected chi connectivity index (χ3v) is 3.69. The third-order valence-electron chi connectivity index (χ3n) is 3.69. The van der Waals surface area contributed by atoms with Gasteiger partial charge in [0.15, 0.2) is 0 Å². The van der Waals surface area contributed by atoms with Crippen LogP contribution in [0.3, 0.4) is 0 Å². The van der Waals surface area contributed by atoms with E-state index in [2.05, 4.69) is 10.6 Å². The SMILES string of the molecule is CCOc1ccc(C(=O)NC(C(=O)NCC(C)CN)C(C)C)cc1. The zero-order valence-electron chi connectivity index (χ0n) is 15.0. The van der Waals surface area contributed by atoms with Crippen LogP contribution in [0.1, 0.15) is 38.1 Å². The van der Waals surface area contributed by atoms with Gasteiger partial charge in [0.05, 0.1) is 6.61 Å². The van der Waals surface area contributed by atoms with Crippen LogP contribution in [-0.2, 0) is 4.79 Å². The molecule has 2 amide bonds. The van der Waals surface area contributed by atoms with Gasteiger partial charge >= 0.3 is 0 Å². The molecule has 0 heterocycles. The van der Waals surface area contributed by atoms with Crippen molar-refractivity contribution in [2.24, 2.45) is 17.6 Å². The molecule has 4 N–H and O–H groups in total. The number of hydrogen-bond acceptors (Lipinski definition) is 4. The number of amides is 2. The van der Waals surface area contributed by atoms with E-state index in [0.29, 0.717) is 31.0 Å². The van der Waals surface area contributed by atoms with E-state index in [1.54, 1.807) is 24.3 Å². The molecule has 0 aliphatic carbocycles.